The van der Waals surface area contributed by atoms with E-state index in [1.54, 1.807) is 0 Å². The van der Waals surface area contributed by atoms with Gasteiger partial charge in [-0.3, -0.25) is 4.79 Å². The Morgan fingerprint density at radius 3 is 2.36 bits per heavy atom. The van der Waals surface area contributed by atoms with Gasteiger partial charge in [-0.2, -0.15) is 0 Å². The van der Waals surface area contributed by atoms with Crippen molar-refractivity contribution in [2.45, 2.75) is 40.5 Å². The van der Waals surface area contributed by atoms with Crippen LogP contribution in [0.25, 0.3) is 0 Å². The minimum absolute atomic E-state index is 0.142. The fraction of sp³-hybridized carbons (Fsp3) is 0.700. The first-order chi connectivity index (χ1) is 5.09. The lowest BCUT2D eigenvalue weighted by molar-refractivity contribution is -0.118. The third kappa shape index (κ3) is 3.97. The average Bonchev–Trinajstić information content (AvgIpc) is 1.98. The second kappa shape index (κ2) is 5.11. The third-order valence-electron chi connectivity index (χ3n) is 1.65. The zero-order chi connectivity index (χ0) is 8.85. The average molecular weight is 154 g/mol. The number of ketones is 1. The van der Waals surface area contributed by atoms with Crippen molar-refractivity contribution in [3.63, 3.8) is 0 Å². The van der Waals surface area contributed by atoms with Crippen LogP contribution in [-0.2, 0) is 4.79 Å². The summed E-state index contributed by atoms with van der Waals surface area (Å²) in [6.45, 7) is 7.89. The number of Topliss-reactive ketones (excluding diaryl/α,β-unsaturated/α-hetero) is 1. The number of carbonyl (C=O) groups excluding carboxylic acids is 1. The second-order valence-corrected chi connectivity index (χ2v) is 3.19. The summed E-state index contributed by atoms with van der Waals surface area (Å²) in [5.74, 6) is 0.418. The van der Waals surface area contributed by atoms with Gasteiger partial charge >= 0.3 is 0 Å². The second-order valence-electron chi connectivity index (χ2n) is 3.19. The van der Waals surface area contributed by atoms with Gasteiger partial charge in [0.2, 0.25) is 0 Å². The number of hydrogen-bond acceptors (Lipinski definition) is 1. The van der Waals surface area contributed by atoms with E-state index in [-0.39, 0.29) is 11.7 Å². The van der Waals surface area contributed by atoms with Crippen molar-refractivity contribution in [1.82, 2.24) is 0 Å². The molecule has 0 unspecified atom stereocenters. The molecule has 0 heterocycles. The first-order valence-corrected chi connectivity index (χ1v) is 4.30. The Labute approximate surface area is 69.5 Å². The number of carbonyl (C=O) groups is 1. The minimum atomic E-state index is 0.142. The van der Waals surface area contributed by atoms with Gasteiger partial charge in [0.25, 0.3) is 0 Å². The van der Waals surface area contributed by atoms with Crippen molar-refractivity contribution < 1.29 is 4.79 Å². The number of rotatable bonds is 4. The summed E-state index contributed by atoms with van der Waals surface area (Å²) in [6.07, 6.45) is 4.16. The smallest absolute Gasteiger partial charge is 0.160 e. The Kier molecular flexibility index (Phi) is 4.84. The fourth-order valence-electron chi connectivity index (χ4n) is 0.917. The van der Waals surface area contributed by atoms with Crippen LogP contribution in [0.2, 0.25) is 0 Å². The minimum Gasteiger partial charge on any atom is -0.294 e. The molecule has 0 N–H and O–H groups in total. The van der Waals surface area contributed by atoms with E-state index in [9.17, 15) is 4.79 Å². The van der Waals surface area contributed by atoms with Crippen LogP contribution < -0.4 is 0 Å². The van der Waals surface area contributed by atoms with E-state index in [0.29, 0.717) is 0 Å². The maximum absolute atomic E-state index is 11.3. The monoisotopic (exact) mass is 154 g/mol. The Hall–Kier alpha value is -0.590. The summed E-state index contributed by atoms with van der Waals surface area (Å²) in [5, 5.41) is 0. The molecule has 0 spiro atoms. The maximum Gasteiger partial charge on any atom is 0.160 e. The van der Waals surface area contributed by atoms with Crippen molar-refractivity contribution in [1.29, 1.82) is 0 Å². The topological polar surface area (TPSA) is 17.1 Å². The van der Waals surface area contributed by atoms with Crippen LogP contribution in [0.1, 0.15) is 40.5 Å². The van der Waals surface area contributed by atoms with Gasteiger partial charge in [0.15, 0.2) is 5.78 Å². The van der Waals surface area contributed by atoms with Gasteiger partial charge in [0, 0.05) is 5.92 Å². The molecule has 0 aromatic rings. The fourth-order valence-corrected chi connectivity index (χ4v) is 0.917. The summed E-state index contributed by atoms with van der Waals surface area (Å²) in [4.78, 5) is 11.3. The van der Waals surface area contributed by atoms with Crippen LogP contribution in [0.15, 0.2) is 11.6 Å². The SMILES string of the molecule is CCC/C=C(/C)C(=O)C(C)C. The van der Waals surface area contributed by atoms with Gasteiger partial charge in [-0.25, -0.2) is 0 Å². The molecule has 0 aromatic carbocycles. The van der Waals surface area contributed by atoms with Crippen molar-refractivity contribution in [2.75, 3.05) is 0 Å². The van der Waals surface area contributed by atoms with Crippen molar-refractivity contribution in [2.24, 2.45) is 5.92 Å². The van der Waals surface area contributed by atoms with E-state index in [4.69, 9.17) is 0 Å². The Morgan fingerprint density at radius 2 is 2.00 bits per heavy atom. The highest BCUT2D eigenvalue weighted by Crippen LogP contribution is 2.06. The van der Waals surface area contributed by atoms with Gasteiger partial charge in [0.1, 0.15) is 0 Å². The quantitative estimate of drug-likeness (QED) is 0.569. The van der Waals surface area contributed by atoms with Gasteiger partial charge < -0.3 is 0 Å². The molecule has 1 nitrogen and oxygen atoms in total. The molecule has 1 heteroatoms. The van der Waals surface area contributed by atoms with E-state index in [1.807, 2.05) is 26.8 Å². The largest absolute Gasteiger partial charge is 0.294 e. The van der Waals surface area contributed by atoms with Crippen LogP contribution in [0.5, 0.6) is 0 Å². The Bertz CT molecular complexity index is 154. The summed E-state index contributed by atoms with van der Waals surface area (Å²) in [7, 11) is 0. The molecule has 0 fully saturated rings. The van der Waals surface area contributed by atoms with E-state index >= 15 is 0 Å². The Balaban J connectivity index is 4.01. The molecule has 0 aromatic heterocycles. The lowest BCUT2D eigenvalue weighted by atomic mass is 10.0. The van der Waals surface area contributed by atoms with Crippen molar-refractivity contribution >= 4 is 5.78 Å². The molecule has 0 aliphatic heterocycles. The molecule has 0 rings (SSSR count). The molecule has 0 aliphatic rings. The van der Waals surface area contributed by atoms with Crippen LogP contribution in [0, 0.1) is 5.92 Å². The lowest BCUT2D eigenvalue weighted by Gasteiger charge is -2.02. The van der Waals surface area contributed by atoms with Gasteiger partial charge in [0.05, 0.1) is 0 Å². The molecule has 0 atom stereocenters. The van der Waals surface area contributed by atoms with E-state index in [2.05, 4.69) is 6.92 Å². The number of unbranched alkanes of at least 4 members (excludes halogenated alkanes) is 1. The molecule has 0 radical (unpaired) electrons. The van der Waals surface area contributed by atoms with E-state index in [1.165, 1.54) is 0 Å². The van der Waals surface area contributed by atoms with Crippen LogP contribution in [0.3, 0.4) is 0 Å². The molecule has 0 saturated heterocycles. The van der Waals surface area contributed by atoms with Gasteiger partial charge in [-0.1, -0.05) is 33.3 Å². The zero-order valence-electron chi connectivity index (χ0n) is 7.98. The summed E-state index contributed by atoms with van der Waals surface area (Å²) >= 11 is 0. The van der Waals surface area contributed by atoms with Crippen LogP contribution >= 0.6 is 0 Å². The summed E-state index contributed by atoms with van der Waals surface area (Å²) in [6, 6.07) is 0. The molecule has 0 saturated carbocycles. The van der Waals surface area contributed by atoms with Crippen LogP contribution in [-0.4, -0.2) is 5.78 Å². The molecule has 0 bridgehead atoms. The molecular formula is C10H18O. The third-order valence-corrected chi connectivity index (χ3v) is 1.65. The Morgan fingerprint density at radius 1 is 1.45 bits per heavy atom. The highest BCUT2D eigenvalue weighted by atomic mass is 16.1. The predicted molar refractivity (Wildman–Crippen MR) is 48.5 cm³/mol. The van der Waals surface area contributed by atoms with Crippen molar-refractivity contribution in [3.8, 4) is 0 Å². The molecule has 0 amide bonds. The molecular weight excluding hydrogens is 136 g/mol. The molecule has 64 valence electrons. The summed E-state index contributed by atoms with van der Waals surface area (Å²) in [5.41, 5.74) is 0.918. The highest BCUT2D eigenvalue weighted by Gasteiger charge is 2.07. The summed E-state index contributed by atoms with van der Waals surface area (Å²) < 4.78 is 0. The standard InChI is InChI=1S/C10H18O/c1-5-6-7-9(4)10(11)8(2)3/h7-8H,5-6H2,1-4H3/b9-7-. The van der Waals surface area contributed by atoms with E-state index < -0.39 is 0 Å². The van der Waals surface area contributed by atoms with Gasteiger partial charge in [-0.05, 0) is 18.9 Å². The maximum atomic E-state index is 11.3. The van der Waals surface area contributed by atoms with Crippen LogP contribution in [0.4, 0.5) is 0 Å². The highest BCUT2D eigenvalue weighted by molar-refractivity contribution is 5.96. The predicted octanol–water partition coefficient (Wildman–Crippen LogP) is 2.96. The molecule has 11 heavy (non-hydrogen) atoms. The van der Waals surface area contributed by atoms with Crippen molar-refractivity contribution in [3.05, 3.63) is 11.6 Å². The number of hydrogen-bond donors (Lipinski definition) is 0. The zero-order valence-corrected chi connectivity index (χ0v) is 7.98. The number of allylic oxidation sites excluding steroid dienone is 2. The molecule has 0 aliphatic carbocycles. The first kappa shape index (κ1) is 10.4. The first-order valence-electron chi connectivity index (χ1n) is 4.30. The van der Waals surface area contributed by atoms with E-state index in [0.717, 1.165) is 18.4 Å². The van der Waals surface area contributed by atoms with Gasteiger partial charge in [-0.15, -0.1) is 0 Å². The lowest BCUT2D eigenvalue weighted by Crippen LogP contribution is -2.07. The normalized spacial score (nSPS) is 12.3.